The number of sulfone groups is 1. The minimum absolute atomic E-state index is 0.0910. The van der Waals surface area contributed by atoms with Crippen LogP contribution in [0.5, 0.6) is 11.5 Å². The first-order chi connectivity index (χ1) is 11.2. The van der Waals surface area contributed by atoms with Crippen molar-refractivity contribution in [3.8, 4) is 11.5 Å². The molecule has 2 aromatic rings. The molecule has 0 bridgehead atoms. The van der Waals surface area contributed by atoms with Gasteiger partial charge >= 0.3 is 6.29 Å². The summed E-state index contributed by atoms with van der Waals surface area (Å²) in [7, 11) is -3.72. The Morgan fingerprint density at radius 1 is 1.25 bits per heavy atom. The van der Waals surface area contributed by atoms with Crippen molar-refractivity contribution >= 4 is 9.84 Å². The van der Waals surface area contributed by atoms with Crippen molar-refractivity contribution in [3.05, 3.63) is 29.6 Å². The fourth-order valence-corrected chi connectivity index (χ4v) is 3.72. The van der Waals surface area contributed by atoms with Crippen LogP contribution in [0.3, 0.4) is 0 Å². The molecule has 3 rings (SSSR count). The number of ether oxygens (including phenoxy) is 2. The van der Waals surface area contributed by atoms with Crippen LogP contribution in [0.2, 0.25) is 0 Å². The number of hydrogen-bond donors (Lipinski definition) is 0. The van der Waals surface area contributed by atoms with Gasteiger partial charge in [-0.05, 0) is 30.3 Å². The molecule has 24 heavy (non-hydrogen) atoms. The number of tetrazole rings is 1. The Balaban J connectivity index is 1.84. The summed E-state index contributed by atoms with van der Waals surface area (Å²) in [6, 6.07) is 3.99. The standard InChI is InChI=1S/C13H14F2N4O4S/c1-8(2)19-11(16-17-18-19)7-24(20,21)6-9-4-3-5-10-12(9)23-13(14,15)22-10/h3-5,8H,6-7H2,1-2H3. The van der Waals surface area contributed by atoms with Crippen LogP contribution in [0.15, 0.2) is 18.2 Å². The van der Waals surface area contributed by atoms with Gasteiger partial charge in [0.15, 0.2) is 27.2 Å². The highest BCUT2D eigenvalue weighted by Crippen LogP contribution is 2.43. The van der Waals surface area contributed by atoms with Crippen molar-refractivity contribution < 1.29 is 26.7 Å². The lowest BCUT2D eigenvalue weighted by Crippen LogP contribution is -2.26. The largest absolute Gasteiger partial charge is 0.586 e. The van der Waals surface area contributed by atoms with Crippen LogP contribution in [0.4, 0.5) is 8.78 Å². The summed E-state index contributed by atoms with van der Waals surface area (Å²) in [5.41, 5.74) is 0.0910. The first-order valence-electron chi connectivity index (χ1n) is 7.02. The van der Waals surface area contributed by atoms with Gasteiger partial charge in [-0.3, -0.25) is 0 Å². The van der Waals surface area contributed by atoms with Crippen molar-refractivity contribution in [2.45, 2.75) is 37.7 Å². The summed E-state index contributed by atoms with van der Waals surface area (Å²) in [5, 5.41) is 10.9. The zero-order chi connectivity index (χ0) is 17.5. The van der Waals surface area contributed by atoms with E-state index in [2.05, 4.69) is 25.0 Å². The second kappa shape index (κ2) is 5.65. The number of halogens is 2. The van der Waals surface area contributed by atoms with Gasteiger partial charge in [0.05, 0.1) is 11.8 Å². The molecule has 130 valence electrons. The van der Waals surface area contributed by atoms with E-state index in [-0.39, 0.29) is 28.9 Å². The van der Waals surface area contributed by atoms with Crippen molar-refractivity contribution in [1.82, 2.24) is 20.2 Å². The molecule has 0 fully saturated rings. The first-order valence-corrected chi connectivity index (χ1v) is 8.84. The highest BCUT2D eigenvalue weighted by atomic mass is 32.2. The molecule has 1 aliphatic heterocycles. The third kappa shape index (κ3) is 3.30. The highest BCUT2D eigenvalue weighted by molar-refractivity contribution is 7.89. The molecule has 0 N–H and O–H groups in total. The monoisotopic (exact) mass is 360 g/mol. The first kappa shape index (κ1) is 16.6. The van der Waals surface area contributed by atoms with Crippen LogP contribution in [0.1, 0.15) is 31.3 Å². The number of rotatable bonds is 5. The lowest BCUT2D eigenvalue weighted by atomic mass is 10.2. The third-order valence-corrected chi connectivity index (χ3v) is 4.73. The predicted molar refractivity (Wildman–Crippen MR) is 77.2 cm³/mol. The van der Waals surface area contributed by atoms with E-state index in [1.54, 1.807) is 0 Å². The maximum atomic E-state index is 13.2. The summed E-state index contributed by atoms with van der Waals surface area (Å²) in [5.74, 6) is -1.20. The van der Waals surface area contributed by atoms with Crippen molar-refractivity contribution in [2.75, 3.05) is 0 Å². The van der Waals surface area contributed by atoms with Crippen LogP contribution in [0.25, 0.3) is 0 Å². The molecule has 1 aromatic heterocycles. The summed E-state index contributed by atoms with van der Waals surface area (Å²) < 4.78 is 61.3. The third-order valence-electron chi connectivity index (χ3n) is 3.28. The second-order valence-electron chi connectivity index (χ2n) is 5.58. The van der Waals surface area contributed by atoms with Gasteiger partial charge in [0.2, 0.25) is 0 Å². The fraction of sp³-hybridized carbons (Fsp3) is 0.462. The molecule has 2 heterocycles. The fourth-order valence-electron chi connectivity index (χ4n) is 2.33. The molecular formula is C13H14F2N4O4S. The lowest BCUT2D eigenvalue weighted by molar-refractivity contribution is -0.286. The number of nitrogens with zero attached hydrogens (tertiary/aromatic N) is 4. The molecule has 0 saturated carbocycles. The Hall–Kier alpha value is -2.30. The molecule has 0 unspecified atom stereocenters. The van der Waals surface area contributed by atoms with Gasteiger partial charge in [0, 0.05) is 5.56 Å². The van der Waals surface area contributed by atoms with Crippen LogP contribution in [-0.4, -0.2) is 34.9 Å². The second-order valence-corrected chi connectivity index (χ2v) is 7.64. The summed E-state index contributed by atoms with van der Waals surface area (Å²) in [6.07, 6.45) is -3.80. The minimum atomic E-state index is -3.80. The Bertz CT molecular complexity index is 867. The Morgan fingerprint density at radius 3 is 2.71 bits per heavy atom. The number of aromatic nitrogens is 4. The smallest absolute Gasteiger partial charge is 0.395 e. The molecular weight excluding hydrogens is 346 g/mol. The van der Waals surface area contributed by atoms with Gasteiger partial charge < -0.3 is 9.47 Å². The number of alkyl halides is 2. The van der Waals surface area contributed by atoms with Gasteiger partial charge in [-0.15, -0.1) is 13.9 Å². The van der Waals surface area contributed by atoms with Gasteiger partial charge in [0.1, 0.15) is 5.75 Å². The molecule has 0 radical (unpaired) electrons. The van der Waals surface area contributed by atoms with E-state index in [0.29, 0.717) is 0 Å². The predicted octanol–water partition coefficient (Wildman–Crippen LogP) is 1.69. The Kier molecular flexibility index (Phi) is 3.90. The number of benzene rings is 1. The van der Waals surface area contributed by atoms with Crippen molar-refractivity contribution in [2.24, 2.45) is 0 Å². The number of fused-ring (bicyclic) bond motifs is 1. The topological polar surface area (TPSA) is 96.2 Å². The van der Waals surface area contributed by atoms with E-state index in [0.717, 1.165) is 0 Å². The summed E-state index contributed by atoms with van der Waals surface area (Å²) in [6.45, 7) is 3.62. The molecule has 0 saturated heterocycles. The van der Waals surface area contributed by atoms with E-state index in [9.17, 15) is 17.2 Å². The van der Waals surface area contributed by atoms with Crippen LogP contribution in [-0.2, 0) is 21.3 Å². The number of para-hydroxylation sites is 1. The van der Waals surface area contributed by atoms with Crippen molar-refractivity contribution in [3.63, 3.8) is 0 Å². The molecule has 0 amide bonds. The van der Waals surface area contributed by atoms with Crippen LogP contribution < -0.4 is 9.47 Å². The van der Waals surface area contributed by atoms with Crippen molar-refractivity contribution in [1.29, 1.82) is 0 Å². The summed E-state index contributed by atoms with van der Waals surface area (Å²) >= 11 is 0. The molecule has 11 heteroatoms. The maximum Gasteiger partial charge on any atom is 0.586 e. The average molecular weight is 360 g/mol. The Morgan fingerprint density at radius 2 is 2.00 bits per heavy atom. The SMILES string of the molecule is CC(C)n1nnnc1CS(=O)(=O)Cc1cccc2c1OC(F)(F)O2. The molecule has 0 atom stereocenters. The molecule has 0 aliphatic carbocycles. The molecule has 0 spiro atoms. The van der Waals surface area contributed by atoms with Gasteiger partial charge in [0.25, 0.3) is 0 Å². The van der Waals surface area contributed by atoms with E-state index >= 15 is 0 Å². The van der Waals surface area contributed by atoms with Gasteiger partial charge in [-0.25, -0.2) is 13.1 Å². The van der Waals surface area contributed by atoms with E-state index in [4.69, 9.17) is 0 Å². The van der Waals surface area contributed by atoms with Crippen LogP contribution in [0, 0.1) is 0 Å². The quantitative estimate of drug-likeness (QED) is 0.800. The number of hydrogen-bond acceptors (Lipinski definition) is 7. The van der Waals surface area contributed by atoms with E-state index in [1.165, 1.54) is 22.9 Å². The molecule has 1 aromatic carbocycles. The molecule has 8 nitrogen and oxygen atoms in total. The zero-order valence-electron chi connectivity index (χ0n) is 12.8. The Labute approximate surface area is 136 Å². The average Bonchev–Trinajstić information content (AvgIpc) is 3.01. The normalized spacial score (nSPS) is 15.9. The zero-order valence-corrected chi connectivity index (χ0v) is 13.6. The molecule has 1 aliphatic rings. The highest BCUT2D eigenvalue weighted by Gasteiger charge is 2.44. The minimum Gasteiger partial charge on any atom is -0.395 e. The van der Waals surface area contributed by atoms with E-state index < -0.39 is 27.6 Å². The van der Waals surface area contributed by atoms with Gasteiger partial charge in [-0.2, -0.15) is 0 Å². The van der Waals surface area contributed by atoms with E-state index in [1.807, 2.05) is 13.8 Å². The van der Waals surface area contributed by atoms with Gasteiger partial charge in [-0.1, -0.05) is 12.1 Å². The summed E-state index contributed by atoms with van der Waals surface area (Å²) in [4.78, 5) is 0. The maximum absolute atomic E-state index is 13.2. The lowest BCUT2D eigenvalue weighted by Gasteiger charge is -2.10. The van der Waals surface area contributed by atoms with Crippen LogP contribution >= 0.6 is 0 Å².